The Morgan fingerprint density at radius 2 is 2.21 bits per heavy atom. The average molecular weight is 201 g/mol. The van der Waals surface area contributed by atoms with Crippen LogP contribution in [0.25, 0.3) is 0 Å². The molecule has 74 valence electrons. The van der Waals surface area contributed by atoms with Crippen LogP contribution in [-0.2, 0) is 6.54 Å². The Kier molecular flexibility index (Phi) is 3.04. The fraction of sp³-hybridized carbons (Fsp3) is 0.250. The first kappa shape index (κ1) is 10.5. The third-order valence-electron chi connectivity index (χ3n) is 1.60. The molecule has 1 rings (SSSR count). The first-order chi connectivity index (χ1) is 6.60. The average Bonchev–Trinajstić information content (AvgIpc) is 2.16. The maximum Gasteiger partial charge on any atom is 0.283 e. The van der Waals surface area contributed by atoms with Crippen molar-refractivity contribution in [2.24, 2.45) is 5.73 Å². The highest BCUT2D eigenvalue weighted by Crippen LogP contribution is 2.21. The number of nitrogens with two attached hydrogens (primary N) is 1. The van der Waals surface area contributed by atoms with Crippen molar-refractivity contribution in [1.82, 2.24) is 4.98 Å². The van der Waals surface area contributed by atoms with E-state index in [1.165, 1.54) is 0 Å². The summed E-state index contributed by atoms with van der Waals surface area (Å²) < 4.78 is 37.2. The molecule has 0 bridgehead atoms. The first-order valence-corrected chi connectivity index (χ1v) is 3.67. The van der Waals surface area contributed by atoms with Gasteiger partial charge in [-0.05, 0) is 6.07 Å². The maximum atomic E-state index is 12.9. The smallest absolute Gasteiger partial charge is 0.283 e. The zero-order valence-electron chi connectivity index (χ0n) is 6.97. The van der Waals surface area contributed by atoms with E-state index in [2.05, 4.69) is 4.98 Å². The topological polar surface area (TPSA) is 62.7 Å². The minimum absolute atomic E-state index is 0.0239. The lowest BCUT2D eigenvalue weighted by molar-refractivity contribution is 0.140. The Morgan fingerprint density at radius 1 is 1.57 bits per heavy atom. The highest BCUT2D eigenvalue weighted by atomic mass is 19.3. The maximum absolute atomic E-state index is 12.9. The van der Waals surface area contributed by atoms with Gasteiger partial charge in [0.15, 0.2) is 5.82 Å². The zero-order chi connectivity index (χ0) is 10.7. The van der Waals surface area contributed by atoms with Crippen molar-refractivity contribution >= 4 is 0 Å². The molecular weight excluding hydrogens is 195 g/mol. The largest absolute Gasteiger partial charge is 0.325 e. The van der Waals surface area contributed by atoms with Gasteiger partial charge in [-0.3, -0.25) is 0 Å². The minimum Gasteiger partial charge on any atom is -0.325 e. The monoisotopic (exact) mass is 201 g/mol. The van der Waals surface area contributed by atoms with Crippen molar-refractivity contribution in [2.75, 3.05) is 0 Å². The van der Waals surface area contributed by atoms with E-state index in [9.17, 15) is 13.2 Å². The lowest BCUT2D eigenvalue weighted by Crippen LogP contribution is -2.07. The van der Waals surface area contributed by atoms with Crippen LogP contribution in [0, 0.1) is 17.1 Å². The number of nitrogens with zero attached hydrogens (tertiary/aromatic N) is 2. The Labute approximate surface area is 78.0 Å². The van der Waals surface area contributed by atoms with Crippen molar-refractivity contribution < 1.29 is 13.2 Å². The van der Waals surface area contributed by atoms with Gasteiger partial charge >= 0.3 is 0 Å². The van der Waals surface area contributed by atoms with E-state index in [0.717, 1.165) is 6.07 Å². The van der Waals surface area contributed by atoms with Crippen LogP contribution in [0.2, 0.25) is 0 Å². The Balaban J connectivity index is 3.32. The van der Waals surface area contributed by atoms with Gasteiger partial charge in [0, 0.05) is 6.54 Å². The summed E-state index contributed by atoms with van der Waals surface area (Å²) in [7, 11) is 0. The van der Waals surface area contributed by atoms with E-state index in [1.807, 2.05) is 0 Å². The van der Waals surface area contributed by atoms with Crippen molar-refractivity contribution in [2.45, 2.75) is 13.0 Å². The number of alkyl halides is 2. The fourth-order valence-electron chi connectivity index (χ4n) is 0.948. The molecule has 6 heteroatoms. The van der Waals surface area contributed by atoms with E-state index < -0.39 is 17.9 Å². The fourth-order valence-corrected chi connectivity index (χ4v) is 0.948. The van der Waals surface area contributed by atoms with E-state index in [0.29, 0.717) is 0 Å². The van der Waals surface area contributed by atoms with E-state index in [1.54, 1.807) is 6.07 Å². The van der Waals surface area contributed by atoms with Crippen LogP contribution >= 0.6 is 0 Å². The van der Waals surface area contributed by atoms with E-state index in [-0.39, 0.29) is 17.8 Å². The molecule has 0 unspecified atom stereocenters. The minimum atomic E-state index is -3.01. The van der Waals surface area contributed by atoms with Gasteiger partial charge in [-0.2, -0.15) is 5.26 Å². The second-order valence-corrected chi connectivity index (χ2v) is 2.47. The Morgan fingerprint density at radius 3 is 2.64 bits per heavy atom. The molecule has 2 N–H and O–H groups in total. The SMILES string of the molecule is N#Cc1cc(F)c(C(F)F)nc1CN. The Hall–Kier alpha value is -1.61. The summed E-state index contributed by atoms with van der Waals surface area (Å²) in [5.41, 5.74) is 4.06. The van der Waals surface area contributed by atoms with Crippen LogP contribution in [0.4, 0.5) is 13.2 Å². The van der Waals surface area contributed by atoms with Gasteiger partial charge in [-0.25, -0.2) is 18.2 Å². The predicted molar refractivity (Wildman–Crippen MR) is 41.8 cm³/mol. The van der Waals surface area contributed by atoms with Gasteiger partial charge in [0.2, 0.25) is 0 Å². The summed E-state index contributed by atoms with van der Waals surface area (Å²) in [5.74, 6) is -1.19. The normalized spacial score (nSPS) is 10.3. The number of hydrogen-bond acceptors (Lipinski definition) is 3. The van der Waals surface area contributed by atoms with E-state index >= 15 is 0 Å². The van der Waals surface area contributed by atoms with Crippen LogP contribution in [0.5, 0.6) is 0 Å². The van der Waals surface area contributed by atoms with Crippen molar-refractivity contribution in [1.29, 1.82) is 5.26 Å². The lowest BCUT2D eigenvalue weighted by Gasteiger charge is -2.05. The molecule has 0 aliphatic rings. The third-order valence-corrected chi connectivity index (χ3v) is 1.60. The van der Waals surface area contributed by atoms with Crippen LogP contribution in [-0.4, -0.2) is 4.98 Å². The van der Waals surface area contributed by atoms with Gasteiger partial charge in [0.25, 0.3) is 6.43 Å². The van der Waals surface area contributed by atoms with Crippen LogP contribution in [0.1, 0.15) is 23.4 Å². The molecule has 0 aliphatic carbocycles. The predicted octanol–water partition coefficient (Wildman–Crippen LogP) is 1.49. The van der Waals surface area contributed by atoms with Crippen LogP contribution in [0.15, 0.2) is 6.07 Å². The lowest BCUT2D eigenvalue weighted by atomic mass is 10.2. The molecule has 0 spiro atoms. The van der Waals surface area contributed by atoms with Crippen LogP contribution < -0.4 is 5.73 Å². The molecule has 0 aliphatic heterocycles. The number of halogens is 3. The van der Waals surface area contributed by atoms with Gasteiger partial charge < -0.3 is 5.73 Å². The third kappa shape index (κ3) is 1.83. The summed E-state index contributed by atoms with van der Waals surface area (Å²) in [5, 5.41) is 8.50. The molecule has 0 fully saturated rings. The first-order valence-electron chi connectivity index (χ1n) is 3.67. The number of rotatable bonds is 2. The summed E-state index contributed by atoms with van der Waals surface area (Å²) in [6, 6.07) is 2.35. The summed E-state index contributed by atoms with van der Waals surface area (Å²) in [4.78, 5) is 3.29. The standard InChI is InChI=1S/C8H6F3N3/c9-5-1-4(2-12)6(3-13)14-7(5)8(10)11/h1,8H,3,13H2. The number of hydrogen-bond donors (Lipinski definition) is 1. The second-order valence-electron chi connectivity index (χ2n) is 2.47. The Bertz CT molecular complexity index is 383. The molecule has 0 saturated carbocycles. The molecule has 1 aromatic rings. The number of pyridine rings is 1. The highest BCUT2D eigenvalue weighted by molar-refractivity contribution is 5.35. The van der Waals surface area contributed by atoms with Gasteiger partial charge in [-0.15, -0.1) is 0 Å². The molecule has 0 atom stereocenters. The second kappa shape index (κ2) is 4.07. The molecule has 0 radical (unpaired) electrons. The molecule has 14 heavy (non-hydrogen) atoms. The molecule has 0 aromatic carbocycles. The summed E-state index contributed by atoms with van der Waals surface area (Å²) in [6.45, 7) is -0.178. The van der Waals surface area contributed by atoms with Crippen molar-refractivity contribution in [3.05, 3.63) is 28.8 Å². The number of nitriles is 1. The molecular formula is C8H6F3N3. The quantitative estimate of drug-likeness (QED) is 0.788. The van der Waals surface area contributed by atoms with Crippen molar-refractivity contribution in [3.63, 3.8) is 0 Å². The molecule has 3 nitrogen and oxygen atoms in total. The van der Waals surface area contributed by atoms with Crippen LogP contribution in [0.3, 0.4) is 0 Å². The zero-order valence-corrected chi connectivity index (χ0v) is 6.97. The van der Waals surface area contributed by atoms with Gasteiger partial charge in [0.1, 0.15) is 11.8 Å². The van der Waals surface area contributed by atoms with E-state index in [4.69, 9.17) is 11.0 Å². The van der Waals surface area contributed by atoms with Crippen molar-refractivity contribution in [3.8, 4) is 6.07 Å². The molecule has 1 aromatic heterocycles. The number of aromatic nitrogens is 1. The van der Waals surface area contributed by atoms with Gasteiger partial charge in [0.05, 0.1) is 11.3 Å². The molecule has 0 amide bonds. The molecule has 0 saturated heterocycles. The summed E-state index contributed by atoms with van der Waals surface area (Å²) in [6.07, 6.45) is -3.01. The summed E-state index contributed by atoms with van der Waals surface area (Å²) >= 11 is 0. The highest BCUT2D eigenvalue weighted by Gasteiger charge is 2.18. The van der Waals surface area contributed by atoms with Gasteiger partial charge in [-0.1, -0.05) is 0 Å². The molecule has 1 heterocycles.